The summed E-state index contributed by atoms with van der Waals surface area (Å²) in [4.78, 5) is 33.7. The number of aromatic nitrogens is 2. The number of carbonyl (C=O) groups excluding carboxylic acids is 2. The van der Waals surface area contributed by atoms with Crippen molar-refractivity contribution < 1.29 is 9.59 Å². The summed E-state index contributed by atoms with van der Waals surface area (Å²) in [7, 11) is 0. The summed E-state index contributed by atoms with van der Waals surface area (Å²) in [5.41, 5.74) is 3.16. The van der Waals surface area contributed by atoms with E-state index < -0.39 is 0 Å². The van der Waals surface area contributed by atoms with Crippen LogP contribution in [0.1, 0.15) is 57.5 Å². The van der Waals surface area contributed by atoms with Gasteiger partial charge in [0.05, 0.1) is 11.1 Å². The van der Waals surface area contributed by atoms with Gasteiger partial charge in [-0.05, 0) is 25.0 Å². The lowest BCUT2D eigenvalue weighted by Crippen LogP contribution is -2.21. The third-order valence-corrected chi connectivity index (χ3v) is 6.01. The average Bonchev–Trinajstić information content (AvgIpc) is 3.11. The number of imidazole rings is 1. The van der Waals surface area contributed by atoms with E-state index in [0.717, 1.165) is 48.0 Å². The molecular formula is C21H19ClN2O2S. The molecule has 27 heavy (non-hydrogen) atoms. The molecule has 1 aliphatic rings. The van der Waals surface area contributed by atoms with Crippen LogP contribution in [0.5, 0.6) is 0 Å². The van der Waals surface area contributed by atoms with E-state index in [1.807, 2.05) is 6.07 Å². The van der Waals surface area contributed by atoms with Gasteiger partial charge in [-0.1, -0.05) is 48.9 Å². The molecule has 1 aliphatic carbocycles. The Morgan fingerprint density at radius 1 is 0.889 bits per heavy atom. The minimum Gasteiger partial charge on any atom is -0.333 e. The summed E-state index contributed by atoms with van der Waals surface area (Å²) >= 11 is 7.34. The minimum atomic E-state index is -0.130. The molecule has 0 spiro atoms. The fourth-order valence-electron chi connectivity index (χ4n) is 3.42. The SMILES string of the molecule is O=C1c2ccccc2C(=O)c2c1ccc1[nH]c(SCCCCCCCl)nc21. The van der Waals surface area contributed by atoms with Crippen molar-refractivity contribution in [2.75, 3.05) is 11.6 Å². The number of nitrogens with zero attached hydrogens (tertiary/aromatic N) is 1. The molecule has 0 fully saturated rings. The van der Waals surface area contributed by atoms with Gasteiger partial charge in [-0.25, -0.2) is 4.98 Å². The molecule has 4 nitrogen and oxygen atoms in total. The number of aromatic amines is 1. The van der Waals surface area contributed by atoms with Crippen molar-refractivity contribution in [1.82, 2.24) is 9.97 Å². The highest BCUT2D eigenvalue weighted by Gasteiger charge is 2.31. The van der Waals surface area contributed by atoms with Gasteiger partial charge >= 0.3 is 0 Å². The Morgan fingerprint density at radius 3 is 2.41 bits per heavy atom. The maximum absolute atomic E-state index is 13.0. The maximum atomic E-state index is 13.0. The summed E-state index contributed by atoms with van der Waals surface area (Å²) in [6.07, 6.45) is 4.45. The van der Waals surface area contributed by atoms with Crippen LogP contribution in [0.2, 0.25) is 0 Å². The highest BCUT2D eigenvalue weighted by Crippen LogP contribution is 2.32. The molecule has 0 unspecified atom stereocenters. The van der Waals surface area contributed by atoms with Gasteiger partial charge in [-0.15, -0.1) is 11.6 Å². The number of unbranched alkanes of at least 4 members (excludes halogenated alkanes) is 3. The van der Waals surface area contributed by atoms with Crippen molar-refractivity contribution in [1.29, 1.82) is 0 Å². The lowest BCUT2D eigenvalue weighted by atomic mass is 9.83. The van der Waals surface area contributed by atoms with E-state index in [4.69, 9.17) is 11.6 Å². The van der Waals surface area contributed by atoms with Gasteiger partial charge in [0.25, 0.3) is 0 Å². The van der Waals surface area contributed by atoms with Crippen LogP contribution in [0, 0.1) is 0 Å². The largest absolute Gasteiger partial charge is 0.333 e. The van der Waals surface area contributed by atoms with Crippen molar-refractivity contribution in [3.8, 4) is 0 Å². The second-order valence-electron chi connectivity index (χ2n) is 6.58. The Hall–Kier alpha value is -2.11. The Morgan fingerprint density at radius 2 is 1.63 bits per heavy atom. The van der Waals surface area contributed by atoms with Crippen molar-refractivity contribution in [2.45, 2.75) is 30.8 Å². The van der Waals surface area contributed by atoms with Crippen LogP contribution in [0.15, 0.2) is 41.6 Å². The second-order valence-corrected chi connectivity index (χ2v) is 8.04. The molecule has 0 radical (unpaired) electrons. The fraction of sp³-hybridized carbons (Fsp3) is 0.286. The predicted molar refractivity (Wildman–Crippen MR) is 109 cm³/mol. The van der Waals surface area contributed by atoms with Gasteiger partial charge in [0.1, 0.15) is 5.52 Å². The number of ketones is 2. The van der Waals surface area contributed by atoms with Crippen LogP contribution in [0.3, 0.4) is 0 Å². The molecule has 3 aromatic rings. The summed E-state index contributed by atoms with van der Waals surface area (Å²) < 4.78 is 0. The molecule has 0 saturated heterocycles. The summed E-state index contributed by atoms with van der Waals surface area (Å²) in [5, 5.41) is 0.787. The topological polar surface area (TPSA) is 62.8 Å². The van der Waals surface area contributed by atoms with Gasteiger partial charge in [0, 0.05) is 28.3 Å². The number of carbonyl (C=O) groups is 2. The predicted octanol–water partition coefficient (Wildman–Crippen LogP) is 5.23. The zero-order chi connectivity index (χ0) is 18.8. The van der Waals surface area contributed by atoms with E-state index in [0.29, 0.717) is 27.8 Å². The zero-order valence-corrected chi connectivity index (χ0v) is 16.3. The van der Waals surface area contributed by atoms with Gasteiger partial charge in [-0.3, -0.25) is 9.59 Å². The minimum absolute atomic E-state index is 0.112. The molecule has 138 valence electrons. The lowest BCUT2D eigenvalue weighted by molar-refractivity contribution is 0.0980. The number of benzene rings is 2. The van der Waals surface area contributed by atoms with Crippen molar-refractivity contribution >= 4 is 46.0 Å². The molecule has 4 rings (SSSR count). The van der Waals surface area contributed by atoms with Crippen molar-refractivity contribution in [2.24, 2.45) is 0 Å². The number of thioether (sulfide) groups is 1. The fourth-order valence-corrected chi connectivity index (χ4v) is 4.49. The zero-order valence-electron chi connectivity index (χ0n) is 14.8. The average molecular weight is 399 g/mol. The number of nitrogens with one attached hydrogen (secondary N) is 1. The van der Waals surface area contributed by atoms with Crippen molar-refractivity contribution in [3.63, 3.8) is 0 Å². The van der Waals surface area contributed by atoms with E-state index in [1.165, 1.54) is 0 Å². The molecular weight excluding hydrogens is 380 g/mol. The first-order chi connectivity index (χ1) is 13.2. The normalized spacial score (nSPS) is 13.1. The van der Waals surface area contributed by atoms with Crippen LogP contribution in [0.4, 0.5) is 0 Å². The number of H-pyrrole nitrogens is 1. The van der Waals surface area contributed by atoms with Crippen molar-refractivity contribution in [3.05, 3.63) is 58.7 Å². The first-order valence-electron chi connectivity index (χ1n) is 9.10. The number of halogens is 1. The molecule has 6 heteroatoms. The highest BCUT2D eigenvalue weighted by molar-refractivity contribution is 7.99. The Kier molecular flexibility index (Phi) is 5.32. The van der Waals surface area contributed by atoms with Crippen LogP contribution < -0.4 is 0 Å². The smallest absolute Gasteiger partial charge is 0.196 e. The summed E-state index contributed by atoms with van der Waals surface area (Å²) in [6.45, 7) is 0. The quantitative estimate of drug-likeness (QED) is 0.263. The third-order valence-electron chi connectivity index (χ3n) is 4.79. The van der Waals surface area contributed by atoms with Gasteiger partial charge < -0.3 is 4.98 Å². The molecule has 0 saturated carbocycles. The molecule has 1 heterocycles. The molecule has 1 aromatic heterocycles. The maximum Gasteiger partial charge on any atom is 0.196 e. The Bertz CT molecular complexity index is 1030. The first kappa shape index (κ1) is 18.3. The van der Waals surface area contributed by atoms with Gasteiger partial charge in [0.2, 0.25) is 0 Å². The van der Waals surface area contributed by atoms with Crippen LogP contribution in [-0.2, 0) is 0 Å². The number of fused-ring (bicyclic) bond motifs is 4. The monoisotopic (exact) mass is 398 g/mol. The number of hydrogen-bond donors (Lipinski definition) is 1. The molecule has 0 bridgehead atoms. The highest BCUT2D eigenvalue weighted by atomic mass is 35.5. The van der Waals surface area contributed by atoms with Crippen LogP contribution in [-0.4, -0.2) is 33.2 Å². The molecule has 0 aliphatic heterocycles. The Balaban J connectivity index is 1.61. The van der Waals surface area contributed by atoms with Crippen LogP contribution in [0.25, 0.3) is 11.0 Å². The van der Waals surface area contributed by atoms with E-state index in [1.54, 1.807) is 42.1 Å². The Labute approximate surface area is 166 Å². The summed E-state index contributed by atoms with van der Waals surface area (Å²) in [6, 6.07) is 10.5. The van der Waals surface area contributed by atoms with Gasteiger partial charge in [0.15, 0.2) is 16.7 Å². The van der Waals surface area contributed by atoms with E-state index >= 15 is 0 Å². The standard InChI is InChI=1S/C21H19ClN2O2S/c22-11-5-1-2-6-12-27-21-23-16-10-9-15-17(18(16)24-21)20(26)14-8-4-3-7-13(14)19(15)25/h3-4,7-10H,1-2,5-6,11-12H2,(H,23,24). The third kappa shape index (κ3) is 3.42. The molecule has 0 atom stereocenters. The number of alkyl halides is 1. The second kappa shape index (κ2) is 7.87. The van der Waals surface area contributed by atoms with E-state index in [2.05, 4.69) is 9.97 Å². The molecule has 2 aromatic carbocycles. The summed E-state index contributed by atoms with van der Waals surface area (Å²) in [5.74, 6) is 1.44. The van der Waals surface area contributed by atoms with E-state index in [-0.39, 0.29) is 11.6 Å². The van der Waals surface area contributed by atoms with Crippen LogP contribution >= 0.6 is 23.4 Å². The number of rotatable bonds is 7. The first-order valence-corrected chi connectivity index (χ1v) is 10.6. The van der Waals surface area contributed by atoms with E-state index in [9.17, 15) is 9.59 Å². The lowest BCUT2D eigenvalue weighted by Gasteiger charge is -2.17. The van der Waals surface area contributed by atoms with Gasteiger partial charge in [-0.2, -0.15) is 0 Å². The number of hydrogen-bond acceptors (Lipinski definition) is 4. The molecule has 1 N–H and O–H groups in total. The molecule has 0 amide bonds.